The number of esters is 2. The molecule has 8 heteroatoms. The maximum absolute atomic E-state index is 11.7. The van der Waals surface area contributed by atoms with Crippen molar-refractivity contribution >= 4 is 11.9 Å². The minimum absolute atomic E-state index is 0.134. The second-order valence-electron chi connectivity index (χ2n) is 12.0. The van der Waals surface area contributed by atoms with Crippen molar-refractivity contribution in [2.45, 2.75) is 72.9 Å². The van der Waals surface area contributed by atoms with Gasteiger partial charge in [0.25, 0.3) is 0 Å². The van der Waals surface area contributed by atoms with Gasteiger partial charge in [-0.05, 0) is 64.8 Å². The van der Waals surface area contributed by atoms with E-state index in [-0.39, 0.29) is 49.0 Å². The van der Waals surface area contributed by atoms with E-state index in [1.54, 1.807) is 27.7 Å². The summed E-state index contributed by atoms with van der Waals surface area (Å²) in [5, 5.41) is 0. The molecule has 232 valence electrons. The summed E-state index contributed by atoms with van der Waals surface area (Å²) >= 11 is 0. The number of fused-ring (bicyclic) bond motifs is 5. The molecule has 0 heterocycles. The van der Waals surface area contributed by atoms with Crippen LogP contribution in [0.15, 0.2) is 94.6 Å². The van der Waals surface area contributed by atoms with Crippen molar-refractivity contribution in [3.05, 3.63) is 94.6 Å². The summed E-state index contributed by atoms with van der Waals surface area (Å²) in [4.78, 5) is 23.4. The van der Waals surface area contributed by atoms with Crippen molar-refractivity contribution in [1.82, 2.24) is 0 Å². The van der Waals surface area contributed by atoms with E-state index < -0.39 is 11.9 Å². The number of allylic oxidation sites excluding steroid dienone is 10. The Morgan fingerprint density at radius 3 is 1.81 bits per heavy atom. The van der Waals surface area contributed by atoms with Gasteiger partial charge >= 0.3 is 11.9 Å². The molecule has 6 atom stereocenters. The number of carbonyl (C=O) groups excluding carboxylic acids is 2. The summed E-state index contributed by atoms with van der Waals surface area (Å²) in [5.74, 6) is 1.01. The van der Waals surface area contributed by atoms with Gasteiger partial charge in [-0.25, -0.2) is 9.59 Å². The fourth-order valence-electron chi connectivity index (χ4n) is 5.53. The third kappa shape index (κ3) is 7.13. The lowest BCUT2D eigenvalue weighted by Crippen LogP contribution is -2.28. The van der Waals surface area contributed by atoms with Gasteiger partial charge in [0.05, 0.1) is 25.4 Å². The molecule has 0 spiro atoms. The van der Waals surface area contributed by atoms with Crippen LogP contribution in [0.5, 0.6) is 0 Å². The number of ether oxygens (including phenoxy) is 6. The van der Waals surface area contributed by atoms with E-state index in [0.717, 1.165) is 22.7 Å². The Hall–Kier alpha value is -3.62. The van der Waals surface area contributed by atoms with Gasteiger partial charge < -0.3 is 28.4 Å². The Kier molecular flexibility index (Phi) is 10.0. The highest BCUT2D eigenvalue weighted by atomic mass is 16.6. The molecular formula is C35H44O8. The lowest BCUT2D eigenvalue weighted by atomic mass is 9.69. The van der Waals surface area contributed by atoms with Crippen LogP contribution in [0.1, 0.15) is 48.5 Å². The highest BCUT2D eigenvalue weighted by Crippen LogP contribution is 2.62. The molecule has 8 nitrogen and oxygen atoms in total. The first-order valence-electron chi connectivity index (χ1n) is 14.8. The first-order valence-corrected chi connectivity index (χ1v) is 14.8. The Balaban J connectivity index is 1.25. The molecule has 0 saturated heterocycles. The van der Waals surface area contributed by atoms with Gasteiger partial charge in [-0.3, -0.25) is 0 Å². The van der Waals surface area contributed by atoms with Crippen molar-refractivity contribution in [2.24, 2.45) is 11.3 Å². The molecule has 4 rings (SSSR count). The average molecular weight is 593 g/mol. The summed E-state index contributed by atoms with van der Waals surface area (Å²) < 4.78 is 34.8. The molecule has 0 radical (unpaired) electrons. The fourth-order valence-corrected chi connectivity index (χ4v) is 5.53. The van der Waals surface area contributed by atoms with Crippen LogP contribution in [0.4, 0.5) is 0 Å². The Morgan fingerprint density at radius 2 is 1.28 bits per heavy atom. The summed E-state index contributed by atoms with van der Waals surface area (Å²) in [5.41, 5.74) is 5.18. The van der Waals surface area contributed by atoms with Gasteiger partial charge in [0, 0.05) is 33.6 Å². The first kappa shape index (κ1) is 32.3. The monoisotopic (exact) mass is 592 g/mol. The van der Waals surface area contributed by atoms with Gasteiger partial charge in [0.1, 0.15) is 36.9 Å². The topological polar surface area (TPSA) is 89.5 Å². The molecule has 6 unspecified atom stereocenters. The minimum Gasteiger partial charge on any atom is -0.491 e. The summed E-state index contributed by atoms with van der Waals surface area (Å²) in [6.45, 7) is 21.5. The molecule has 0 aromatic rings. The van der Waals surface area contributed by atoms with Crippen molar-refractivity contribution in [3.8, 4) is 0 Å². The van der Waals surface area contributed by atoms with E-state index in [9.17, 15) is 9.59 Å². The van der Waals surface area contributed by atoms with Crippen LogP contribution >= 0.6 is 0 Å². The molecular weight excluding hydrogens is 548 g/mol. The van der Waals surface area contributed by atoms with E-state index in [1.807, 2.05) is 13.8 Å². The van der Waals surface area contributed by atoms with Gasteiger partial charge in [0.15, 0.2) is 0 Å². The summed E-state index contributed by atoms with van der Waals surface area (Å²) in [6.07, 6.45) is 11.7. The minimum atomic E-state index is -0.419. The van der Waals surface area contributed by atoms with Crippen LogP contribution in [0.2, 0.25) is 0 Å². The van der Waals surface area contributed by atoms with E-state index in [4.69, 9.17) is 28.4 Å². The Labute approximate surface area is 255 Å². The third-order valence-corrected chi connectivity index (χ3v) is 7.89. The highest BCUT2D eigenvalue weighted by Gasteiger charge is 2.53. The van der Waals surface area contributed by atoms with E-state index in [0.29, 0.717) is 24.4 Å². The predicted octanol–water partition coefficient (Wildman–Crippen LogP) is 6.00. The molecule has 0 aromatic heterocycles. The first-order chi connectivity index (χ1) is 20.3. The molecule has 0 saturated carbocycles. The van der Waals surface area contributed by atoms with Gasteiger partial charge in [-0.1, -0.05) is 44.4 Å². The normalized spacial score (nSPS) is 24.0. The number of hydrogen-bond acceptors (Lipinski definition) is 8. The maximum Gasteiger partial charge on any atom is 0.333 e. The van der Waals surface area contributed by atoms with Crippen LogP contribution in [-0.4, -0.2) is 62.8 Å². The van der Waals surface area contributed by atoms with Crippen molar-refractivity contribution in [3.63, 3.8) is 0 Å². The zero-order chi connectivity index (χ0) is 31.5. The fraction of sp³-hybridized carbons (Fsp3) is 0.486. The largest absolute Gasteiger partial charge is 0.491 e. The maximum atomic E-state index is 11.7. The lowest BCUT2D eigenvalue weighted by molar-refractivity contribution is -0.148. The predicted molar refractivity (Wildman–Crippen MR) is 164 cm³/mol. The quantitative estimate of drug-likeness (QED) is 0.150. The molecule has 0 amide bonds. The van der Waals surface area contributed by atoms with Crippen molar-refractivity contribution in [1.29, 1.82) is 0 Å². The van der Waals surface area contributed by atoms with Crippen LogP contribution in [0, 0.1) is 11.3 Å². The molecule has 4 bridgehead atoms. The second-order valence-corrected chi connectivity index (χ2v) is 12.0. The average Bonchev–Trinajstić information content (AvgIpc) is 3.69. The zero-order valence-electron chi connectivity index (χ0n) is 26.4. The SMILES string of the molecule is C=C(C)C(=O)OC(C)COC(C)COC1=CC2=CC=C1C2C1(C)C2=CC=C1C(OCC(C)OCC(C)OC(=O)C(=C)C)=C2. The van der Waals surface area contributed by atoms with E-state index in [2.05, 4.69) is 56.5 Å². The zero-order valence-corrected chi connectivity index (χ0v) is 26.4. The molecule has 4 aliphatic rings. The third-order valence-electron chi connectivity index (χ3n) is 7.89. The van der Waals surface area contributed by atoms with Gasteiger partial charge in [0.2, 0.25) is 0 Å². The molecule has 0 aromatic carbocycles. The molecule has 4 aliphatic carbocycles. The summed E-state index contributed by atoms with van der Waals surface area (Å²) in [7, 11) is 0. The molecule has 0 N–H and O–H groups in total. The van der Waals surface area contributed by atoms with E-state index >= 15 is 0 Å². The Bertz CT molecular complexity index is 1360. The summed E-state index contributed by atoms with van der Waals surface area (Å²) in [6, 6.07) is 0. The Morgan fingerprint density at radius 1 is 0.744 bits per heavy atom. The molecule has 43 heavy (non-hydrogen) atoms. The second kappa shape index (κ2) is 13.3. The van der Waals surface area contributed by atoms with Crippen molar-refractivity contribution < 1.29 is 38.0 Å². The van der Waals surface area contributed by atoms with Gasteiger partial charge in [-0.2, -0.15) is 0 Å². The number of rotatable bonds is 17. The van der Waals surface area contributed by atoms with Crippen LogP contribution < -0.4 is 0 Å². The van der Waals surface area contributed by atoms with E-state index in [1.165, 1.54) is 11.1 Å². The van der Waals surface area contributed by atoms with Crippen molar-refractivity contribution in [2.75, 3.05) is 26.4 Å². The molecule has 0 aliphatic heterocycles. The van der Waals surface area contributed by atoms with Crippen LogP contribution in [0.3, 0.4) is 0 Å². The number of hydrogen-bond donors (Lipinski definition) is 0. The standard InChI is InChI=1S/C35H44O8/c1-20(2)33(36)42-24(7)18-38-22(5)16-40-30-14-26-10-12-28(30)32(26)35(9)27-11-13-29(35)31(15-27)41-17-23(6)39-19-25(8)43-34(37)21(3)4/h10-15,22-25,32H,1,3,16-19H2,2,4-9H3. The van der Waals surface area contributed by atoms with Crippen LogP contribution in [-0.2, 0) is 38.0 Å². The van der Waals surface area contributed by atoms with Crippen LogP contribution in [0.25, 0.3) is 0 Å². The smallest absolute Gasteiger partial charge is 0.333 e. The molecule has 0 fully saturated rings. The highest BCUT2D eigenvalue weighted by molar-refractivity contribution is 5.87. The number of carbonyl (C=O) groups is 2. The van der Waals surface area contributed by atoms with Gasteiger partial charge in [-0.15, -0.1) is 0 Å². The lowest BCUT2D eigenvalue weighted by Gasteiger charge is -2.33.